The van der Waals surface area contributed by atoms with Gasteiger partial charge in [-0.2, -0.15) is 5.10 Å². The maximum Gasteiger partial charge on any atom is 0.222 e. The first kappa shape index (κ1) is 9.65. The monoisotopic (exact) mass is 225 g/mol. The van der Waals surface area contributed by atoms with E-state index in [-0.39, 0.29) is 0 Å². The van der Waals surface area contributed by atoms with Crippen LogP contribution in [0.2, 0.25) is 0 Å². The van der Waals surface area contributed by atoms with Crippen molar-refractivity contribution in [1.29, 1.82) is 0 Å². The molecule has 84 valence electrons. The first-order valence-electron chi connectivity index (χ1n) is 5.29. The Morgan fingerprint density at radius 3 is 2.94 bits per heavy atom. The molecule has 0 saturated heterocycles. The summed E-state index contributed by atoms with van der Waals surface area (Å²) in [6, 6.07) is 11.7. The van der Waals surface area contributed by atoms with Gasteiger partial charge in [0, 0.05) is 6.20 Å². The summed E-state index contributed by atoms with van der Waals surface area (Å²) in [5, 5.41) is 4.08. The van der Waals surface area contributed by atoms with Gasteiger partial charge in [-0.15, -0.1) is 0 Å². The molecule has 2 heterocycles. The number of rotatable bonds is 3. The van der Waals surface area contributed by atoms with Gasteiger partial charge in [0.15, 0.2) is 0 Å². The van der Waals surface area contributed by atoms with E-state index in [2.05, 4.69) is 25.5 Å². The van der Waals surface area contributed by atoms with E-state index in [0.717, 1.165) is 16.7 Å². The zero-order valence-electron chi connectivity index (χ0n) is 9.01. The number of hydrogen-bond donors (Lipinski definition) is 3. The Balaban J connectivity index is 1.77. The van der Waals surface area contributed by atoms with Crippen LogP contribution in [-0.4, -0.2) is 21.2 Å². The largest absolute Gasteiger partial charge is 0.360 e. The third-order valence-corrected chi connectivity index (χ3v) is 2.39. The number of para-hydroxylation sites is 2. The Kier molecular flexibility index (Phi) is 2.34. The molecule has 0 radical (unpaired) electrons. The van der Waals surface area contributed by atoms with Crippen molar-refractivity contribution in [3.05, 3.63) is 48.3 Å². The molecule has 0 atom stereocenters. The summed E-state index contributed by atoms with van der Waals surface area (Å²) in [5.41, 5.74) is 5.71. The molecule has 0 aliphatic carbocycles. The zero-order valence-corrected chi connectivity index (χ0v) is 9.01. The van der Waals surface area contributed by atoms with Crippen LogP contribution in [0.4, 0.5) is 5.95 Å². The van der Waals surface area contributed by atoms with Crippen LogP contribution in [0.1, 0.15) is 5.69 Å². The second-order valence-corrected chi connectivity index (χ2v) is 3.60. The molecule has 0 unspecified atom stereocenters. The van der Waals surface area contributed by atoms with Crippen molar-refractivity contribution in [2.75, 3.05) is 5.43 Å². The van der Waals surface area contributed by atoms with Gasteiger partial charge in [-0.25, -0.2) is 10.4 Å². The number of hydrogen-bond acceptors (Lipinski definition) is 3. The molecule has 5 heteroatoms. The van der Waals surface area contributed by atoms with Crippen molar-refractivity contribution in [1.82, 2.24) is 15.0 Å². The zero-order chi connectivity index (χ0) is 11.5. The lowest BCUT2D eigenvalue weighted by Gasteiger charge is -1.91. The summed E-state index contributed by atoms with van der Waals surface area (Å²) >= 11 is 0. The van der Waals surface area contributed by atoms with Gasteiger partial charge in [-0.05, 0) is 24.3 Å². The van der Waals surface area contributed by atoms with Crippen molar-refractivity contribution in [3.63, 3.8) is 0 Å². The average molecular weight is 225 g/mol. The number of H-pyrrole nitrogens is 2. The lowest BCUT2D eigenvalue weighted by atomic mass is 10.3. The number of aromatic amines is 2. The van der Waals surface area contributed by atoms with Crippen LogP contribution in [0.3, 0.4) is 0 Å². The number of benzene rings is 1. The second kappa shape index (κ2) is 4.13. The highest BCUT2D eigenvalue weighted by Crippen LogP contribution is 2.12. The van der Waals surface area contributed by atoms with Gasteiger partial charge in [0.1, 0.15) is 0 Å². The molecule has 0 fully saturated rings. The smallest absolute Gasteiger partial charge is 0.222 e. The lowest BCUT2D eigenvalue weighted by Crippen LogP contribution is -1.92. The Hall–Kier alpha value is -2.56. The predicted octanol–water partition coefficient (Wildman–Crippen LogP) is 2.34. The van der Waals surface area contributed by atoms with E-state index in [1.165, 1.54) is 0 Å². The van der Waals surface area contributed by atoms with E-state index in [9.17, 15) is 0 Å². The van der Waals surface area contributed by atoms with Gasteiger partial charge >= 0.3 is 0 Å². The normalized spacial score (nSPS) is 11.3. The fraction of sp³-hybridized carbons (Fsp3) is 0. The number of nitrogens with one attached hydrogen (secondary N) is 3. The van der Waals surface area contributed by atoms with Crippen molar-refractivity contribution < 1.29 is 0 Å². The molecule has 1 aromatic carbocycles. The first-order valence-corrected chi connectivity index (χ1v) is 5.29. The quantitative estimate of drug-likeness (QED) is 0.473. The van der Waals surface area contributed by atoms with Gasteiger partial charge in [-0.1, -0.05) is 12.1 Å². The van der Waals surface area contributed by atoms with Gasteiger partial charge in [-0.3, -0.25) is 0 Å². The fourth-order valence-electron chi connectivity index (χ4n) is 1.59. The second-order valence-electron chi connectivity index (χ2n) is 3.60. The molecule has 0 aliphatic heterocycles. The summed E-state index contributed by atoms with van der Waals surface area (Å²) in [6.07, 6.45) is 3.55. The third-order valence-electron chi connectivity index (χ3n) is 2.39. The summed E-state index contributed by atoms with van der Waals surface area (Å²) in [6.45, 7) is 0. The fourth-order valence-corrected chi connectivity index (χ4v) is 1.59. The maximum absolute atomic E-state index is 4.34. The molecule has 2 aromatic heterocycles. The van der Waals surface area contributed by atoms with E-state index in [1.807, 2.05) is 42.6 Å². The van der Waals surface area contributed by atoms with Crippen LogP contribution < -0.4 is 5.43 Å². The number of imidazole rings is 1. The predicted molar refractivity (Wildman–Crippen MR) is 68.1 cm³/mol. The number of hydrazone groups is 1. The van der Waals surface area contributed by atoms with Crippen LogP contribution in [0.25, 0.3) is 11.0 Å². The van der Waals surface area contributed by atoms with Crippen LogP contribution in [0, 0.1) is 0 Å². The lowest BCUT2D eigenvalue weighted by molar-refractivity contribution is 1.21. The minimum absolute atomic E-state index is 0.633. The summed E-state index contributed by atoms with van der Waals surface area (Å²) in [4.78, 5) is 10.5. The minimum Gasteiger partial charge on any atom is -0.360 e. The molecule has 0 amide bonds. The van der Waals surface area contributed by atoms with Gasteiger partial charge in [0.05, 0.1) is 22.9 Å². The van der Waals surface area contributed by atoms with Crippen molar-refractivity contribution >= 4 is 23.2 Å². The summed E-state index contributed by atoms with van der Waals surface area (Å²) in [5.74, 6) is 0.633. The molecule has 0 bridgehead atoms. The van der Waals surface area contributed by atoms with Gasteiger partial charge < -0.3 is 9.97 Å². The Morgan fingerprint density at radius 2 is 2.12 bits per heavy atom. The average Bonchev–Trinajstić information content (AvgIpc) is 2.96. The Bertz CT molecular complexity index is 603. The van der Waals surface area contributed by atoms with E-state index < -0.39 is 0 Å². The number of fused-ring (bicyclic) bond motifs is 1. The Labute approximate surface area is 97.6 Å². The summed E-state index contributed by atoms with van der Waals surface area (Å²) in [7, 11) is 0. The molecule has 0 saturated carbocycles. The number of anilines is 1. The highest BCUT2D eigenvalue weighted by Gasteiger charge is 1.98. The van der Waals surface area contributed by atoms with Crippen LogP contribution in [0.15, 0.2) is 47.7 Å². The third kappa shape index (κ3) is 2.03. The van der Waals surface area contributed by atoms with Crippen molar-refractivity contribution in [2.24, 2.45) is 5.10 Å². The Morgan fingerprint density at radius 1 is 1.18 bits per heavy atom. The van der Waals surface area contributed by atoms with Crippen LogP contribution >= 0.6 is 0 Å². The summed E-state index contributed by atoms with van der Waals surface area (Å²) < 4.78 is 0. The van der Waals surface area contributed by atoms with E-state index in [4.69, 9.17) is 0 Å². The van der Waals surface area contributed by atoms with Gasteiger partial charge in [0.2, 0.25) is 5.95 Å². The highest BCUT2D eigenvalue weighted by molar-refractivity contribution is 5.79. The highest BCUT2D eigenvalue weighted by atomic mass is 15.4. The molecule has 0 aliphatic rings. The molecule has 3 N–H and O–H groups in total. The number of aromatic nitrogens is 3. The van der Waals surface area contributed by atoms with E-state index in [0.29, 0.717) is 5.95 Å². The number of nitrogens with zero attached hydrogens (tertiary/aromatic N) is 2. The van der Waals surface area contributed by atoms with Crippen LogP contribution in [0.5, 0.6) is 0 Å². The molecule has 5 nitrogen and oxygen atoms in total. The van der Waals surface area contributed by atoms with Crippen LogP contribution in [-0.2, 0) is 0 Å². The van der Waals surface area contributed by atoms with Gasteiger partial charge in [0.25, 0.3) is 0 Å². The standard InChI is InChI=1S/C12H11N5/c1-2-6-11-10(5-1)15-12(16-11)17-14-8-9-4-3-7-13-9/h1-8,13H,(H2,15,16,17). The minimum atomic E-state index is 0.633. The molecule has 3 aromatic rings. The molecule has 0 spiro atoms. The molecule has 17 heavy (non-hydrogen) atoms. The first-order chi connectivity index (χ1) is 8.42. The molecule has 3 rings (SSSR count). The molecular formula is C12H11N5. The maximum atomic E-state index is 4.34. The van der Waals surface area contributed by atoms with E-state index in [1.54, 1.807) is 6.21 Å². The topological polar surface area (TPSA) is 68.9 Å². The molecular weight excluding hydrogens is 214 g/mol. The van der Waals surface area contributed by atoms with Crippen molar-refractivity contribution in [3.8, 4) is 0 Å². The van der Waals surface area contributed by atoms with E-state index >= 15 is 0 Å². The van der Waals surface area contributed by atoms with Crippen molar-refractivity contribution in [2.45, 2.75) is 0 Å². The SMILES string of the molecule is C(=NNc1nc2ccccc2[nH]1)c1ccc[nH]1.